The Morgan fingerprint density at radius 2 is 2.00 bits per heavy atom. The van der Waals surface area contributed by atoms with Crippen LogP contribution in [-0.4, -0.2) is 19.6 Å². The third kappa shape index (κ3) is 3.98. The SMILES string of the molecule is CNC(C)c1ccc(N(CCC(C)C)C2CC2)cc1Br. The maximum Gasteiger partial charge on any atom is 0.0380 e. The summed E-state index contributed by atoms with van der Waals surface area (Å²) in [5, 5.41) is 3.30. The molecule has 1 aliphatic carbocycles. The van der Waals surface area contributed by atoms with Gasteiger partial charge in [-0.15, -0.1) is 0 Å². The van der Waals surface area contributed by atoms with Crippen LogP contribution in [0.5, 0.6) is 0 Å². The zero-order valence-corrected chi connectivity index (χ0v) is 14.7. The Balaban J connectivity index is 2.15. The molecule has 1 saturated carbocycles. The van der Waals surface area contributed by atoms with E-state index in [0.717, 1.165) is 12.0 Å². The van der Waals surface area contributed by atoms with Crippen LogP contribution in [0.2, 0.25) is 0 Å². The van der Waals surface area contributed by atoms with E-state index >= 15 is 0 Å². The molecular formula is C17H27BrN2. The van der Waals surface area contributed by atoms with E-state index in [0.29, 0.717) is 6.04 Å². The summed E-state index contributed by atoms with van der Waals surface area (Å²) < 4.78 is 1.21. The number of hydrogen-bond acceptors (Lipinski definition) is 2. The van der Waals surface area contributed by atoms with Crippen LogP contribution in [0.1, 0.15) is 51.6 Å². The zero-order valence-electron chi connectivity index (χ0n) is 13.1. The Labute approximate surface area is 132 Å². The lowest BCUT2D eigenvalue weighted by Gasteiger charge is -2.27. The fraction of sp³-hybridized carbons (Fsp3) is 0.647. The van der Waals surface area contributed by atoms with Crippen molar-refractivity contribution in [3.05, 3.63) is 28.2 Å². The van der Waals surface area contributed by atoms with Gasteiger partial charge in [0.2, 0.25) is 0 Å². The largest absolute Gasteiger partial charge is 0.369 e. The third-order valence-electron chi connectivity index (χ3n) is 4.15. The van der Waals surface area contributed by atoms with Crippen molar-refractivity contribution in [1.82, 2.24) is 5.32 Å². The summed E-state index contributed by atoms with van der Waals surface area (Å²) in [5.41, 5.74) is 2.70. The molecule has 0 aliphatic heterocycles. The summed E-state index contributed by atoms with van der Waals surface area (Å²) in [6.07, 6.45) is 3.97. The molecule has 0 amide bonds. The van der Waals surface area contributed by atoms with Crippen molar-refractivity contribution in [3.8, 4) is 0 Å². The van der Waals surface area contributed by atoms with E-state index in [1.807, 2.05) is 7.05 Å². The molecule has 0 saturated heterocycles. The van der Waals surface area contributed by atoms with E-state index in [4.69, 9.17) is 0 Å². The van der Waals surface area contributed by atoms with Gasteiger partial charge in [0.05, 0.1) is 0 Å². The van der Waals surface area contributed by atoms with E-state index in [-0.39, 0.29) is 0 Å². The second-order valence-electron chi connectivity index (χ2n) is 6.32. The third-order valence-corrected chi connectivity index (χ3v) is 4.84. The van der Waals surface area contributed by atoms with Gasteiger partial charge in [-0.3, -0.25) is 0 Å². The lowest BCUT2D eigenvalue weighted by Crippen LogP contribution is -2.27. The molecule has 0 heterocycles. The summed E-state index contributed by atoms with van der Waals surface area (Å²) in [4.78, 5) is 2.60. The van der Waals surface area contributed by atoms with Crippen LogP contribution < -0.4 is 10.2 Å². The molecule has 1 atom stereocenters. The van der Waals surface area contributed by atoms with Crippen molar-refractivity contribution in [2.75, 3.05) is 18.5 Å². The fourth-order valence-corrected chi connectivity index (χ4v) is 3.22. The van der Waals surface area contributed by atoms with Crippen molar-refractivity contribution in [2.45, 2.75) is 52.1 Å². The van der Waals surface area contributed by atoms with E-state index in [1.165, 1.54) is 41.5 Å². The van der Waals surface area contributed by atoms with Gasteiger partial charge in [0.1, 0.15) is 0 Å². The average molecular weight is 339 g/mol. The van der Waals surface area contributed by atoms with Crippen LogP contribution in [0.4, 0.5) is 5.69 Å². The molecular weight excluding hydrogens is 312 g/mol. The molecule has 0 radical (unpaired) electrons. The molecule has 2 rings (SSSR count). The van der Waals surface area contributed by atoms with Crippen molar-refractivity contribution < 1.29 is 0 Å². The maximum atomic E-state index is 3.74. The highest BCUT2D eigenvalue weighted by molar-refractivity contribution is 9.10. The van der Waals surface area contributed by atoms with Crippen LogP contribution >= 0.6 is 15.9 Å². The zero-order chi connectivity index (χ0) is 14.7. The Hall–Kier alpha value is -0.540. The maximum absolute atomic E-state index is 3.74. The van der Waals surface area contributed by atoms with Gasteiger partial charge in [0.25, 0.3) is 0 Å². The molecule has 0 bridgehead atoms. The summed E-state index contributed by atoms with van der Waals surface area (Å²) in [6, 6.07) is 7.98. The van der Waals surface area contributed by atoms with Crippen LogP contribution in [0.15, 0.2) is 22.7 Å². The van der Waals surface area contributed by atoms with Crippen LogP contribution in [0.3, 0.4) is 0 Å². The summed E-state index contributed by atoms with van der Waals surface area (Å²) in [5.74, 6) is 0.767. The molecule has 1 aromatic rings. The van der Waals surface area contributed by atoms with Gasteiger partial charge in [0.15, 0.2) is 0 Å². The molecule has 112 valence electrons. The first-order valence-corrected chi connectivity index (χ1v) is 8.55. The number of rotatable bonds is 7. The Morgan fingerprint density at radius 1 is 1.30 bits per heavy atom. The summed E-state index contributed by atoms with van der Waals surface area (Å²) in [7, 11) is 2.00. The number of anilines is 1. The second-order valence-corrected chi connectivity index (χ2v) is 7.18. The molecule has 1 fully saturated rings. The highest BCUT2D eigenvalue weighted by Gasteiger charge is 2.29. The molecule has 20 heavy (non-hydrogen) atoms. The van der Waals surface area contributed by atoms with Gasteiger partial charge in [-0.25, -0.2) is 0 Å². The van der Waals surface area contributed by atoms with E-state index in [1.54, 1.807) is 0 Å². The fourth-order valence-electron chi connectivity index (χ4n) is 2.51. The number of benzene rings is 1. The molecule has 1 aromatic carbocycles. The van der Waals surface area contributed by atoms with Crippen LogP contribution in [-0.2, 0) is 0 Å². The summed E-state index contributed by atoms with van der Waals surface area (Å²) >= 11 is 3.74. The van der Waals surface area contributed by atoms with Crippen molar-refractivity contribution in [3.63, 3.8) is 0 Å². The lowest BCUT2D eigenvalue weighted by molar-refractivity contribution is 0.570. The van der Waals surface area contributed by atoms with E-state index < -0.39 is 0 Å². The molecule has 2 nitrogen and oxygen atoms in total. The van der Waals surface area contributed by atoms with Gasteiger partial charge in [-0.1, -0.05) is 35.8 Å². The van der Waals surface area contributed by atoms with Crippen LogP contribution in [0.25, 0.3) is 0 Å². The normalized spacial score (nSPS) is 16.5. The first kappa shape index (κ1) is 15.8. The second kappa shape index (κ2) is 6.95. The van der Waals surface area contributed by atoms with Gasteiger partial charge in [0, 0.05) is 28.8 Å². The Morgan fingerprint density at radius 3 is 2.50 bits per heavy atom. The van der Waals surface area contributed by atoms with E-state index in [9.17, 15) is 0 Å². The lowest BCUT2D eigenvalue weighted by atomic mass is 10.1. The number of hydrogen-bond donors (Lipinski definition) is 1. The topological polar surface area (TPSA) is 15.3 Å². The number of nitrogens with one attached hydrogen (secondary N) is 1. The first-order valence-electron chi connectivity index (χ1n) is 7.76. The minimum Gasteiger partial charge on any atom is -0.369 e. The standard InChI is InChI=1S/C17H27BrN2/c1-12(2)9-10-20(14-5-6-14)15-7-8-16(13(3)19-4)17(18)11-15/h7-8,11-14,19H,5-6,9-10H2,1-4H3. The van der Waals surface area contributed by atoms with Crippen molar-refractivity contribution in [1.29, 1.82) is 0 Å². The average Bonchev–Trinajstić information content (AvgIpc) is 3.22. The number of halogens is 1. The van der Waals surface area contributed by atoms with Gasteiger partial charge >= 0.3 is 0 Å². The quantitative estimate of drug-likeness (QED) is 0.772. The van der Waals surface area contributed by atoms with Crippen molar-refractivity contribution >= 4 is 21.6 Å². The minimum atomic E-state index is 0.378. The summed E-state index contributed by atoms with van der Waals surface area (Å²) in [6.45, 7) is 7.98. The van der Waals surface area contributed by atoms with Gasteiger partial charge in [-0.2, -0.15) is 0 Å². The van der Waals surface area contributed by atoms with E-state index in [2.05, 4.69) is 65.1 Å². The number of nitrogens with zero attached hydrogens (tertiary/aromatic N) is 1. The molecule has 1 aliphatic rings. The van der Waals surface area contributed by atoms with Crippen LogP contribution in [0, 0.1) is 5.92 Å². The Kier molecular flexibility index (Phi) is 5.50. The van der Waals surface area contributed by atoms with Gasteiger partial charge in [-0.05, 0) is 56.8 Å². The smallest absolute Gasteiger partial charge is 0.0380 e. The monoisotopic (exact) mass is 338 g/mol. The highest BCUT2D eigenvalue weighted by atomic mass is 79.9. The predicted molar refractivity (Wildman–Crippen MR) is 91.4 cm³/mol. The molecule has 3 heteroatoms. The van der Waals surface area contributed by atoms with Gasteiger partial charge < -0.3 is 10.2 Å². The molecule has 1 unspecified atom stereocenters. The Bertz CT molecular complexity index is 441. The predicted octanol–water partition coefficient (Wildman–Crippen LogP) is 4.74. The first-order chi connectivity index (χ1) is 9.52. The van der Waals surface area contributed by atoms with Crippen molar-refractivity contribution in [2.24, 2.45) is 5.92 Å². The highest BCUT2D eigenvalue weighted by Crippen LogP contribution is 2.35. The molecule has 0 spiro atoms. The minimum absolute atomic E-state index is 0.378. The molecule has 1 N–H and O–H groups in total. The molecule has 0 aromatic heterocycles.